The first-order valence-corrected chi connectivity index (χ1v) is 6.78. The molecule has 0 aliphatic carbocycles. The van der Waals surface area contributed by atoms with Crippen LogP contribution in [0.4, 0.5) is 0 Å². The van der Waals surface area contributed by atoms with E-state index in [2.05, 4.69) is 41.5 Å². The SMILES string of the molecule is CCC(C)(CO)NCc1ccc2nc(C)ccc2c1. The quantitative estimate of drug-likeness (QED) is 0.867. The molecule has 0 aliphatic rings. The van der Waals surface area contributed by atoms with Gasteiger partial charge in [-0.1, -0.05) is 19.1 Å². The number of pyridine rings is 1. The van der Waals surface area contributed by atoms with Crippen molar-refractivity contribution in [2.24, 2.45) is 0 Å². The van der Waals surface area contributed by atoms with Gasteiger partial charge < -0.3 is 10.4 Å². The zero-order chi connectivity index (χ0) is 13.9. The lowest BCUT2D eigenvalue weighted by atomic mass is 9.99. The van der Waals surface area contributed by atoms with Crippen molar-refractivity contribution < 1.29 is 5.11 Å². The molecule has 0 bridgehead atoms. The monoisotopic (exact) mass is 258 g/mol. The topological polar surface area (TPSA) is 45.1 Å². The van der Waals surface area contributed by atoms with Crippen LogP contribution in [0, 0.1) is 6.92 Å². The van der Waals surface area contributed by atoms with Crippen LogP contribution in [0.5, 0.6) is 0 Å². The van der Waals surface area contributed by atoms with Gasteiger partial charge in [0.15, 0.2) is 0 Å². The first-order valence-electron chi connectivity index (χ1n) is 6.78. The normalized spacial score (nSPS) is 14.5. The van der Waals surface area contributed by atoms with Crippen LogP contribution >= 0.6 is 0 Å². The Balaban J connectivity index is 2.16. The molecule has 3 heteroatoms. The van der Waals surface area contributed by atoms with E-state index in [4.69, 9.17) is 0 Å². The molecule has 0 radical (unpaired) electrons. The summed E-state index contributed by atoms with van der Waals surface area (Å²) in [6.45, 7) is 7.03. The van der Waals surface area contributed by atoms with Crippen molar-refractivity contribution in [2.45, 2.75) is 39.3 Å². The maximum atomic E-state index is 9.39. The van der Waals surface area contributed by atoms with Crippen molar-refractivity contribution in [3.63, 3.8) is 0 Å². The van der Waals surface area contributed by atoms with Gasteiger partial charge in [0.25, 0.3) is 0 Å². The van der Waals surface area contributed by atoms with Crippen molar-refractivity contribution >= 4 is 10.9 Å². The zero-order valence-corrected chi connectivity index (χ0v) is 11.9. The maximum absolute atomic E-state index is 9.39. The summed E-state index contributed by atoms with van der Waals surface area (Å²) in [5, 5.41) is 14.0. The predicted molar refractivity (Wildman–Crippen MR) is 79.1 cm³/mol. The summed E-state index contributed by atoms with van der Waals surface area (Å²) in [6, 6.07) is 10.4. The number of aliphatic hydroxyl groups excluding tert-OH is 1. The van der Waals surface area contributed by atoms with E-state index in [1.54, 1.807) is 0 Å². The second-order valence-electron chi connectivity index (χ2n) is 5.41. The van der Waals surface area contributed by atoms with E-state index in [1.807, 2.05) is 19.9 Å². The Kier molecular flexibility index (Phi) is 4.17. The lowest BCUT2D eigenvalue weighted by molar-refractivity contribution is 0.169. The third-order valence-corrected chi connectivity index (χ3v) is 3.74. The van der Waals surface area contributed by atoms with Gasteiger partial charge in [-0.3, -0.25) is 4.98 Å². The molecule has 102 valence electrons. The van der Waals surface area contributed by atoms with Crippen molar-refractivity contribution in [1.29, 1.82) is 0 Å². The van der Waals surface area contributed by atoms with E-state index in [9.17, 15) is 5.11 Å². The van der Waals surface area contributed by atoms with E-state index < -0.39 is 0 Å². The first kappa shape index (κ1) is 14.0. The van der Waals surface area contributed by atoms with Gasteiger partial charge in [0.2, 0.25) is 0 Å². The van der Waals surface area contributed by atoms with Crippen LogP contribution in [0.25, 0.3) is 10.9 Å². The Labute approximate surface area is 114 Å². The number of benzene rings is 1. The Morgan fingerprint density at radius 1 is 1.26 bits per heavy atom. The first-order chi connectivity index (χ1) is 9.06. The highest BCUT2D eigenvalue weighted by Gasteiger charge is 2.19. The fourth-order valence-electron chi connectivity index (χ4n) is 2.00. The molecular formula is C16H22N2O. The fraction of sp³-hybridized carbons (Fsp3) is 0.438. The molecular weight excluding hydrogens is 236 g/mol. The second kappa shape index (κ2) is 5.68. The van der Waals surface area contributed by atoms with Crippen LogP contribution in [0.3, 0.4) is 0 Å². The zero-order valence-electron chi connectivity index (χ0n) is 11.9. The van der Waals surface area contributed by atoms with Crippen molar-refractivity contribution in [1.82, 2.24) is 10.3 Å². The van der Waals surface area contributed by atoms with Crippen molar-refractivity contribution in [3.8, 4) is 0 Å². The number of rotatable bonds is 5. The minimum absolute atomic E-state index is 0.151. The molecule has 1 aromatic heterocycles. The van der Waals surface area contributed by atoms with Gasteiger partial charge in [-0.2, -0.15) is 0 Å². The molecule has 1 unspecified atom stereocenters. The summed E-state index contributed by atoms with van der Waals surface area (Å²) < 4.78 is 0. The molecule has 0 fully saturated rings. The highest BCUT2D eigenvalue weighted by Crippen LogP contribution is 2.16. The summed E-state index contributed by atoms with van der Waals surface area (Å²) in [7, 11) is 0. The Morgan fingerprint density at radius 3 is 2.74 bits per heavy atom. The molecule has 1 aromatic carbocycles. The number of fused-ring (bicyclic) bond motifs is 1. The summed E-state index contributed by atoms with van der Waals surface area (Å²) in [5.74, 6) is 0. The summed E-state index contributed by atoms with van der Waals surface area (Å²) in [4.78, 5) is 4.50. The molecule has 0 aliphatic heterocycles. The Bertz CT molecular complexity index is 562. The molecule has 2 rings (SSSR count). The van der Waals surface area contributed by atoms with Crippen LogP contribution in [0.1, 0.15) is 31.5 Å². The number of nitrogens with one attached hydrogen (secondary N) is 1. The van der Waals surface area contributed by atoms with Gasteiger partial charge in [0.05, 0.1) is 12.1 Å². The number of hydrogen-bond donors (Lipinski definition) is 2. The fourth-order valence-corrected chi connectivity index (χ4v) is 2.00. The van der Waals surface area contributed by atoms with Gasteiger partial charge >= 0.3 is 0 Å². The lowest BCUT2D eigenvalue weighted by Crippen LogP contribution is -2.44. The van der Waals surface area contributed by atoms with Gasteiger partial charge in [-0.05, 0) is 44.0 Å². The van der Waals surface area contributed by atoms with Crippen LogP contribution in [0.2, 0.25) is 0 Å². The lowest BCUT2D eigenvalue weighted by Gasteiger charge is -2.27. The number of nitrogens with zero attached hydrogens (tertiary/aromatic N) is 1. The summed E-state index contributed by atoms with van der Waals surface area (Å²) in [6.07, 6.45) is 0.901. The molecule has 1 heterocycles. The van der Waals surface area contributed by atoms with Crippen LogP contribution in [0.15, 0.2) is 30.3 Å². The highest BCUT2D eigenvalue weighted by atomic mass is 16.3. The molecule has 19 heavy (non-hydrogen) atoms. The number of hydrogen-bond acceptors (Lipinski definition) is 3. The van der Waals surface area contributed by atoms with E-state index in [1.165, 1.54) is 5.56 Å². The summed E-state index contributed by atoms with van der Waals surface area (Å²) >= 11 is 0. The van der Waals surface area contributed by atoms with Crippen molar-refractivity contribution in [2.75, 3.05) is 6.61 Å². The Hall–Kier alpha value is -1.45. The van der Waals surface area contributed by atoms with Gasteiger partial charge in [-0.15, -0.1) is 0 Å². The van der Waals surface area contributed by atoms with Gasteiger partial charge in [0.1, 0.15) is 0 Å². The maximum Gasteiger partial charge on any atom is 0.0705 e. The average Bonchev–Trinajstić information content (AvgIpc) is 2.44. The Morgan fingerprint density at radius 2 is 2.05 bits per heavy atom. The molecule has 0 spiro atoms. The third-order valence-electron chi connectivity index (χ3n) is 3.74. The number of aliphatic hydroxyl groups is 1. The summed E-state index contributed by atoms with van der Waals surface area (Å²) in [5.41, 5.74) is 3.08. The molecule has 2 N–H and O–H groups in total. The number of aryl methyl sites for hydroxylation is 1. The van der Waals surface area contributed by atoms with E-state index in [0.717, 1.165) is 29.6 Å². The third kappa shape index (κ3) is 3.31. The second-order valence-corrected chi connectivity index (χ2v) is 5.41. The van der Waals surface area contributed by atoms with Crippen molar-refractivity contribution in [3.05, 3.63) is 41.6 Å². The standard InChI is InChI=1S/C16H22N2O/c1-4-16(3,11-19)17-10-13-6-8-15-14(9-13)7-5-12(2)18-15/h5-9,17,19H,4,10-11H2,1-3H3. The molecule has 1 atom stereocenters. The minimum atomic E-state index is -0.208. The minimum Gasteiger partial charge on any atom is -0.394 e. The number of aromatic nitrogens is 1. The van der Waals surface area contributed by atoms with Crippen LogP contribution in [-0.2, 0) is 6.54 Å². The highest BCUT2D eigenvalue weighted by molar-refractivity contribution is 5.79. The van der Waals surface area contributed by atoms with Gasteiger partial charge in [0, 0.05) is 23.2 Å². The molecule has 0 saturated carbocycles. The van der Waals surface area contributed by atoms with Crippen LogP contribution in [-0.4, -0.2) is 22.2 Å². The molecule has 0 amide bonds. The predicted octanol–water partition coefficient (Wildman–Crippen LogP) is 2.79. The largest absolute Gasteiger partial charge is 0.394 e. The van der Waals surface area contributed by atoms with Gasteiger partial charge in [-0.25, -0.2) is 0 Å². The van der Waals surface area contributed by atoms with E-state index in [0.29, 0.717) is 0 Å². The molecule has 0 saturated heterocycles. The molecule has 3 nitrogen and oxygen atoms in total. The van der Waals surface area contributed by atoms with E-state index in [-0.39, 0.29) is 12.1 Å². The molecule has 2 aromatic rings. The van der Waals surface area contributed by atoms with Crippen LogP contribution < -0.4 is 5.32 Å². The average molecular weight is 258 g/mol. The smallest absolute Gasteiger partial charge is 0.0705 e. The van der Waals surface area contributed by atoms with E-state index >= 15 is 0 Å².